The van der Waals surface area contributed by atoms with Gasteiger partial charge in [0.2, 0.25) is 0 Å². The van der Waals surface area contributed by atoms with Crippen LogP contribution in [0.3, 0.4) is 0 Å². The maximum Gasteiger partial charge on any atom is 0.262 e. The first-order valence-corrected chi connectivity index (χ1v) is 9.21. The van der Waals surface area contributed by atoms with Crippen LogP contribution in [0.25, 0.3) is 6.08 Å². The highest BCUT2D eigenvalue weighted by atomic mass is 79.9. The molecule has 0 fully saturated rings. The van der Waals surface area contributed by atoms with Gasteiger partial charge in [-0.05, 0) is 76.8 Å². The average Bonchev–Trinajstić information content (AvgIpc) is 2.63. The number of rotatable bonds is 6. The van der Waals surface area contributed by atoms with Crippen molar-refractivity contribution in [3.05, 3.63) is 63.1 Å². The van der Waals surface area contributed by atoms with Crippen molar-refractivity contribution in [2.75, 3.05) is 11.9 Å². The Morgan fingerprint density at radius 2 is 1.93 bits per heavy atom. The summed E-state index contributed by atoms with van der Waals surface area (Å²) in [5.74, 6) is 0.276. The van der Waals surface area contributed by atoms with E-state index in [0.29, 0.717) is 11.4 Å². The molecule has 0 aliphatic carbocycles. The highest BCUT2D eigenvalue weighted by Gasteiger charge is 2.08. The highest BCUT2D eigenvalue weighted by molar-refractivity contribution is 9.10. The van der Waals surface area contributed by atoms with Crippen LogP contribution < -0.4 is 15.8 Å². The molecule has 2 aromatic rings. The zero-order chi connectivity index (χ0) is 20.0. The van der Waals surface area contributed by atoms with Gasteiger partial charge in [0.1, 0.15) is 16.8 Å². The van der Waals surface area contributed by atoms with Crippen LogP contribution in [0.4, 0.5) is 5.69 Å². The lowest BCUT2D eigenvalue weighted by molar-refractivity contribution is -0.118. The van der Waals surface area contributed by atoms with E-state index in [1.54, 1.807) is 30.3 Å². The lowest BCUT2D eigenvalue weighted by Crippen LogP contribution is -2.20. The quantitative estimate of drug-likeness (QED) is 0.395. The number of halogens is 1. The molecule has 138 valence electrons. The zero-order valence-corrected chi connectivity index (χ0v) is 17.3. The lowest BCUT2D eigenvalue weighted by Gasteiger charge is -2.11. The monoisotopic (exact) mass is 443 g/mol. The number of carbonyl (C=O) groups excluding carboxylic acids is 1. The molecule has 7 heteroatoms. The van der Waals surface area contributed by atoms with Crippen LogP contribution in [0.2, 0.25) is 0 Å². The fraction of sp³-hybridized carbons (Fsp3) is 0.150. The minimum Gasteiger partial charge on any atom is -0.484 e. The number of amides is 1. The highest BCUT2D eigenvalue weighted by Crippen LogP contribution is 2.26. The molecule has 0 aliphatic rings. The standard InChI is InChI=1S/C20H18BrN3O2S/c1-12-7-17(21)18(8-13(12)2)24-19(25)11-26-16-5-3-14(4-6-16)9-15(10-22)20(23)27/h3-9H,11H2,1-2H3,(H2,23,27)(H,24,25)/b15-9-. The Bertz CT molecular complexity index is 947. The Morgan fingerprint density at radius 1 is 1.30 bits per heavy atom. The molecule has 5 nitrogen and oxygen atoms in total. The summed E-state index contributed by atoms with van der Waals surface area (Å²) in [6, 6.07) is 12.7. The summed E-state index contributed by atoms with van der Waals surface area (Å²) < 4.78 is 6.32. The fourth-order valence-electron chi connectivity index (χ4n) is 2.20. The second-order valence-electron chi connectivity index (χ2n) is 5.86. The van der Waals surface area contributed by atoms with E-state index in [1.165, 1.54) is 0 Å². The maximum absolute atomic E-state index is 12.1. The SMILES string of the molecule is Cc1cc(Br)c(NC(=O)COc2ccc(/C=C(/C#N)C(N)=S)cc2)cc1C. The summed E-state index contributed by atoms with van der Waals surface area (Å²) >= 11 is 8.25. The molecule has 2 aromatic carbocycles. The van der Waals surface area contributed by atoms with Crippen LogP contribution >= 0.6 is 28.1 Å². The first-order chi connectivity index (χ1) is 12.8. The summed E-state index contributed by atoms with van der Waals surface area (Å²) in [6.07, 6.45) is 1.59. The Labute approximate surface area is 172 Å². The number of hydrogen-bond acceptors (Lipinski definition) is 4. The van der Waals surface area contributed by atoms with E-state index < -0.39 is 0 Å². The van der Waals surface area contributed by atoms with Gasteiger partial charge >= 0.3 is 0 Å². The molecule has 1 amide bonds. The van der Waals surface area contributed by atoms with Gasteiger partial charge in [-0.25, -0.2) is 0 Å². The second kappa shape index (κ2) is 9.31. The predicted octanol–water partition coefficient (Wildman–Crippen LogP) is 4.28. The van der Waals surface area contributed by atoms with E-state index >= 15 is 0 Å². The molecule has 0 aliphatic heterocycles. The Morgan fingerprint density at radius 3 is 2.52 bits per heavy atom. The van der Waals surface area contributed by atoms with Crippen LogP contribution in [-0.4, -0.2) is 17.5 Å². The Kier molecular flexibility index (Phi) is 7.11. The molecule has 0 saturated carbocycles. The van der Waals surface area contributed by atoms with Crippen molar-refractivity contribution in [1.29, 1.82) is 5.26 Å². The topological polar surface area (TPSA) is 88.1 Å². The number of thiocarbonyl (C=S) groups is 1. The van der Waals surface area contributed by atoms with Crippen LogP contribution in [0.1, 0.15) is 16.7 Å². The summed E-state index contributed by atoms with van der Waals surface area (Å²) in [4.78, 5) is 12.2. The summed E-state index contributed by atoms with van der Waals surface area (Å²) in [6.45, 7) is 3.87. The minimum atomic E-state index is -0.261. The van der Waals surface area contributed by atoms with E-state index in [0.717, 1.165) is 21.2 Å². The molecule has 0 saturated heterocycles. The lowest BCUT2D eigenvalue weighted by atomic mass is 10.1. The van der Waals surface area contributed by atoms with Crippen molar-refractivity contribution >= 4 is 50.8 Å². The van der Waals surface area contributed by atoms with E-state index in [4.69, 9.17) is 28.0 Å². The van der Waals surface area contributed by atoms with Crippen molar-refractivity contribution in [1.82, 2.24) is 0 Å². The van der Waals surface area contributed by atoms with Gasteiger partial charge in [-0.15, -0.1) is 0 Å². The number of benzene rings is 2. The molecule has 2 rings (SSSR count). The first kappa shape index (κ1) is 20.6. The third-order valence-electron chi connectivity index (χ3n) is 3.80. The van der Waals surface area contributed by atoms with Crippen molar-refractivity contribution in [3.8, 4) is 11.8 Å². The van der Waals surface area contributed by atoms with Crippen molar-refractivity contribution in [2.45, 2.75) is 13.8 Å². The van der Waals surface area contributed by atoms with Crippen molar-refractivity contribution < 1.29 is 9.53 Å². The fourth-order valence-corrected chi connectivity index (χ4v) is 2.86. The number of anilines is 1. The van der Waals surface area contributed by atoms with Gasteiger partial charge < -0.3 is 15.8 Å². The largest absolute Gasteiger partial charge is 0.484 e. The van der Waals surface area contributed by atoms with Crippen LogP contribution in [0.5, 0.6) is 5.75 Å². The van der Waals surface area contributed by atoms with Crippen molar-refractivity contribution in [2.24, 2.45) is 5.73 Å². The van der Waals surface area contributed by atoms with E-state index in [1.807, 2.05) is 32.0 Å². The van der Waals surface area contributed by atoms with Crippen molar-refractivity contribution in [3.63, 3.8) is 0 Å². The number of nitrogens with zero attached hydrogens (tertiary/aromatic N) is 1. The van der Waals surface area contributed by atoms with Gasteiger partial charge in [0, 0.05) is 4.47 Å². The molecular weight excluding hydrogens is 426 g/mol. The molecule has 3 N–H and O–H groups in total. The summed E-state index contributed by atoms with van der Waals surface area (Å²) in [5.41, 5.74) is 9.39. The van der Waals surface area contributed by atoms with Crippen LogP contribution in [0.15, 0.2) is 46.4 Å². The normalized spacial score (nSPS) is 10.8. The Hall–Kier alpha value is -2.69. The van der Waals surface area contributed by atoms with Gasteiger partial charge in [-0.1, -0.05) is 24.4 Å². The van der Waals surface area contributed by atoms with Gasteiger partial charge in [0.15, 0.2) is 6.61 Å². The number of carbonyl (C=O) groups is 1. The predicted molar refractivity (Wildman–Crippen MR) is 115 cm³/mol. The molecule has 27 heavy (non-hydrogen) atoms. The molecule has 0 atom stereocenters. The molecular formula is C20H18BrN3O2S. The third kappa shape index (κ3) is 5.91. The molecule has 0 bridgehead atoms. The van der Waals surface area contributed by atoms with Gasteiger partial charge in [-0.3, -0.25) is 4.79 Å². The van der Waals surface area contributed by atoms with E-state index in [9.17, 15) is 4.79 Å². The number of aryl methyl sites for hydroxylation is 2. The third-order valence-corrected chi connectivity index (χ3v) is 4.68. The zero-order valence-electron chi connectivity index (χ0n) is 14.9. The second-order valence-corrected chi connectivity index (χ2v) is 7.15. The maximum atomic E-state index is 12.1. The van der Waals surface area contributed by atoms with Crippen LogP contribution in [0, 0.1) is 25.2 Å². The molecule has 0 spiro atoms. The number of nitrogens with two attached hydrogens (primary N) is 1. The van der Waals surface area contributed by atoms with E-state index in [-0.39, 0.29) is 23.1 Å². The molecule has 0 heterocycles. The van der Waals surface area contributed by atoms with Gasteiger partial charge in [0.25, 0.3) is 5.91 Å². The average molecular weight is 444 g/mol. The minimum absolute atomic E-state index is 0.0481. The van der Waals surface area contributed by atoms with Crippen LogP contribution in [-0.2, 0) is 4.79 Å². The number of nitriles is 1. The van der Waals surface area contributed by atoms with Gasteiger partial charge in [-0.2, -0.15) is 5.26 Å². The molecule has 0 aromatic heterocycles. The number of hydrogen-bond donors (Lipinski definition) is 2. The van der Waals surface area contributed by atoms with Gasteiger partial charge in [0.05, 0.1) is 11.3 Å². The summed E-state index contributed by atoms with van der Waals surface area (Å²) in [7, 11) is 0. The summed E-state index contributed by atoms with van der Waals surface area (Å²) in [5, 5.41) is 11.8. The Balaban J connectivity index is 1.97. The number of nitrogens with one attached hydrogen (secondary N) is 1. The first-order valence-electron chi connectivity index (χ1n) is 8.01. The smallest absolute Gasteiger partial charge is 0.262 e. The molecule has 0 unspecified atom stereocenters. The number of ether oxygens (including phenoxy) is 1. The van der Waals surface area contributed by atoms with E-state index in [2.05, 4.69) is 21.2 Å². The molecule has 0 radical (unpaired) electrons.